The van der Waals surface area contributed by atoms with E-state index in [2.05, 4.69) is 0 Å². The predicted octanol–water partition coefficient (Wildman–Crippen LogP) is 17.0. The van der Waals surface area contributed by atoms with Gasteiger partial charge in [-0.3, -0.25) is 9.97 Å². The van der Waals surface area contributed by atoms with Gasteiger partial charge in [0.25, 0.3) is 0 Å². The van der Waals surface area contributed by atoms with Gasteiger partial charge in [-0.2, -0.15) is 26.3 Å². The highest BCUT2D eigenvalue weighted by Gasteiger charge is 2.37. The molecule has 8 aromatic carbocycles. The van der Waals surface area contributed by atoms with Crippen molar-refractivity contribution in [2.24, 2.45) is 0 Å². The maximum Gasteiger partial charge on any atom is 0.418 e. The number of hydrogen-bond acceptors (Lipinski definition) is 2. The Morgan fingerprint density at radius 2 is 0.771 bits per heavy atom. The molecule has 0 aliphatic rings. The topological polar surface area (TPSA) is 35.6 Å². The Labute approximate surface area is 397 Å². The first-order chi connectivity index (χ1) is 34.0. The van der Waals surface area contributed by atoms with Crippen LogP contribution in [-0.2, 0) is 12.4 Å². The molecule has 0 saturated carbocycles. The highest BCUT2D eigenvalue weighted by molar-refractivity contribution is 6.12. The SMILES string of the molecule is FC(F)(F)c1cccc(-c2cc(-n3c4ccccc4c4cc(-c5ccc(-c6ccccc6)nc5)ccc43)c(C(F)(F)F)cc2-n2c3ccccc3c3cc(-c4ccc(-c5ccccc5)nc4)ccc32)c1. The fourth-order valence-electron chi connectivity index (χ4n) is 9.78. The van der Waals surface area contributed by atoms with Crippen molar-refractivity contribution >= 4 is 43.6 Å². The molecule has 0 fully saturated rings. The third-order valence-electron chi connectivity index (χ3n) is 13.1. The minimum Gasteiger partial charge on any atom is -0.309 e. The summed E-state index contributed by atoms with van der Waals surface area (Å²) in [4.78, 5) is 9.44. The second kappa shape index (κ2) is 16.5. The number of benzene rings is 8. The molecule has 0 amide bonds. The average molecular weight is 927 g/mol. The molecule has 0 N–H and O–H groups in total. The van der Waals surface area contributed by atoms with Crippen LogP contribution in [0.2, 0.25) is 0 Å². The smallest absolute Gasteiger partial charge is 0.309 e. The van der Waals surface area contributed by atoms with Crippen LogP contribution in [0.4, 0.5) is 26.3 Å². The molecule has 12 rings (SSSR count). The summed E-state index contributed by atoms with van der Waals surface area (Å²) in [5.41, 5.74) is 7.22. The molecule has 10 heteroatoms. The van der Waals surface area contributed by atoms with Gasteiger partial charge >= 0.3 is 12.4 Å². The van der Waals surface area contributed by atoms with Gasteiger partial charge in [0, 0.05) is 61.8 Å². The Bertz CT molecular complexity index is 3950. The van der Waals surface area contributed by atoms with Crippen molar-refractivity contribution in [3.8, 4) is 67.3 Å². The van der Waals surface area contributed by atoms with Gasteiger partial charge in [-0.05, 0) is 89.5 Å². The molecule has 0 radical (unpaired) electrons. The Hall–Kier alpha value is -8.76. The molecular weight excluding hydrogens is 891 g/mol. The van der Waals surface area contributed by atoms with Crippen molar-refractivity contribution in [1.29, 1.82) is 0 Å². The van der Waals surface area contributed by atoms with Gasteiger partial charge in [0.1, 0.15) is 0 Å². The predicted molar refractivity (Wildman–Crippen MR) is 268 cm³/mol. The summed E-state index contributed by atoms with van der Waals surface area (Å²) < 4.78 is 95.1. The van der Waals surface area contributed by atoms with E-state index in [1.54, 1.807) is 45.8 Å². The number of alkyl halides is 6. The molecule has 338 valence electrons. The third-order valence-corrected chi connectivity index (χ3v) is 13.1. The number of nitrogens with zero attached hydrogens (tertiary/aromatic N) is 4. The summed E-state index contributed by atoms with van der Waals surface area (Å²) in [6, 6.07) is 60.6. The molecule has 0 aliphatic heterocycles. The van der Waals surface area contributed by atoms with Crippen LogP contribution in [0.5, 0.6) is 0 Å². The van der Waals surface area contributed by atoms with Gasteiger partial charge < -0.3 is 9.13 Å². The molecule has 0 saturated heterocycles. The lowest BCUT2D eigenvalue weighted by Crippen LogP contribution is -2.13. The molecule has 4 heterocycles. The summed E-state index contributed by atoms with van der Waals surface area (Å²) in [7, 11) is 0. The standard InChI is InChI=1S/C60H36F6N4/c61-59(62,63)44-17-11-16-41(30-44)47-33-58(70-54-21-10-8-19-46(54)49-32-40(25-29-56(49)70)43-23-27-52(68-36-43)38-14-5-2-6-15-38)50(60(64,65)66)34-57(47)69-53-20-9-7-18-45(53)48-31-39(24-28-55(48)69)42-22-26-51(67-35-42)37-12-3-1-4-13-37/h1-36H. The van der Waals surface area contributed by atoms with Crippen LogP contribution in [0.1, 0.15) is 11.1 Å². The lowest BCUT2D eigenvalue weighted by molar-refractivity contribution is -0.138. The lowest BCUT2D eigenvalue weighted by Gasteiger charge is -2.22. The van der Waals surface area contributed by atoms with Crippen LogP contribution in [0.25, 0.3) is 111 Å². The summed E-state index contributed by atoms with van der Waals surface area (Å²) in [6.07, 6.45) is -6.06. The Morgan fingerprint density at radius 1 is 0.314 bits per heavy atom. The van der Waals surface area contributed by atoms with Gasteiger partial charge in [0.05, 0.1) is 56.0 Å². The quantitative estimate of drug-likeness (QED) is 0.149. The Morgan fingerprint density at radius 3 is 1.26 bits per heavy atom. The molecule has 70 heavy (non-hydrogen) atoms. The van der Waals surface area contributed by atoms with Crippen molar-refractivity contribution in [1.82, 2.24) is 19.1 Å². The molecule has 0 atom stereocenters. The molecular formula is C60H36F6N4. The average Bonchev–Trinajstić information content (AvgIpc) is 3.90. The van der Waals surface area contributed by atoms with Crippen molar-refractivity contribution in [3.05, 3.63) is 230 Å². The second-order valence-electron chi connectivity index (χ2n) is 17.2. The first-order valence-electron chi connectivity index (χ1n) is 22.5. The van der Waals surface area contributed by atoms with Gasteiger partial charge in [0.15, 0.2) is 0 Å². The number of fused-ring (bicyclic) bond motifs is 6. The van der Waals surface area contributed by atoms with Crippen molar-refractivity contribution in [2.75, 3.05) is 0 Å². The van der Waals surface area contributed by atoms with Crippen LogP contribution in [0, 0.1) is 0 Å². The van der Waals surface area contributed by atoms with E-state index < -0.39 is 23.5 Å². The van der Waals surface area contributed by atoms with Gasteiger partial charge in [-0.15, -0.1) is 0 Å². The van der Waals surface area contributed by atoms with Crippen LogP contribution in [0.15, 0.2) is 219 Å². The monoisotopic (exact) mass is 926 g/mol. The zero-order valence-electron chi connectivity index (χ0n) is 36.8. The van der Waals surface area contributed by atoms with Crippen LogP contribution < -0.4 is 0 Å². The maximum atomic E-state index is 16.1. The first-order valence-corrected chi connectivity index (χ1v) is 22.5. The highest BCUT2D eigenvalue weighted by Crippen LogP contribution is 2.46. The van der Waals surface area contributed by atoms with Gasteiger partial charge in [-0.25, -0.2) is 0 Å². The van der Waals surface area contributed by atoms with E-state index in [4.69, 9.17) is 9.97 Å². The van der Waals surface area contributed by atoms with Crippen LogP contribution >= 0.6 is 0 Å². The number of hydrogen-bond donors (Lipinski definition) is 0. The molecule has 12 aromatic rings. The zero-order valence-corrected chi connectivity index (χ0v) is 36.8. The third kappa shape index (κ3) is 7.36. The van der Waals surface area contributed by atoms with Crippen molar-refractivity contribution < 1.29 is 26.3 Å². The summed E-state index contributed by atoms with van der Waals surface area (Å²) in [6.45, 7) is 0. The van der Waals surface area contributed by atoms with E-state index in [9.17, 15) is 13.2 Å². The normalized spacial score (nSPS) is 12.1. The van der Waals surface area contributed by atoms with E-state index in [0.29, 0.717) is 32.8 Å². The fraction of sp³-hybridized carbons (Fsp3) is 0.0333. The number of aromatic nitrogens is 4. The minimum absolute atomic E-state index is 0.0673. The van der Waals surface area contributed by atoms with Crippen molar-refractivity contribution in [3.63, 3.8) is 0 Å². The maximum absolute atomic E-state index is 16.1. The number of halogens is 6. The minimum atomic E-state index is -4.91. The van der Waals surface area contributed by atoms with E-state index in [0.717, 1.165) is 73.7 Å². The molecule has 0 aliphatic carbocycles. The largest absolute Gasteiger partial charge is 0.418 e. The molecule has 0 unspecified atom stereocenters. The molecule has 4 aromatic heterocycles. The fourth-order valence-corrected chi connectivity index (χ4v) is 9.78. The number of pyridine rings is 2. The van der Waals surface area contributed by atoms with Crippen molar-refractivity contribution in [2.45, 2.75) is 12.4 Å². The molecule has 0 bridgehead atoms. The zero-order chi connectivity index (χ0) is 47.7. The number of para-hydroxylation sites is 2. The number of rotatable bonds is 7. The molecule has 4 nitrogen and oxygen atoms in total. The second-order valence-corrected chi connectivity index (χ2v) is 17.2. The Balaban J connectivity index is 1.08. The van der Waals surface area contributed by atoms with E-state index in [1.807, 2.05) is 146 Å². The Kier molecular flexibility index (Phi) is 10.0. The molecule has 0 spiro atoms. The van der Waals surface area contributed by atoms with E-state index >= 15 is 13.2 Å². The van der Waals surface area contributed by atoms with E-state index in [1.165, 1.54) is 18.2 Å². The van der Waals surface area contributed by atoms with Crippen LogP contribution in [-0.4, -0.2) is 19.1 Å². The highest BCUT2D eigenvalue weighted by atomic mass is 19.4. The van der Waals surface area contributed by atoms with Gasteiger partial charge in [0.2, 0.25) is 0 Å². The summed E-state index contributed by atoms with van der Waals surface area (Å²) >= 11 is 0. The van der Waals surface area contributed by atoms with Crippen LogP contribution in [0.3, 0.4) is 0 Å². The van der Waals surface area contributed by atoms with Gasteiger partial charge in [-0.1, -0.05) is 133 Å². The lowest BCUT2D eigenvalue weighted by atomic mass is 9.97. The summed E-state index contributed by atoms with van der Waals surface area (Å²) in [5.74, 6) is 0. The first kappa shape index (κ1) is 42.6. The summed E-state index contributed by atoms with van der Waals surface area (Å²) in [5, 5.41) is 2.90. The van der Waals surface area contributed by atoms with E-state index in [-0.39, 0.29) is 22.5 Å².